The van der Waals surface area contributed by atoms with Crippen molar-refractivity contribution in [2.45, 2.75) is 87.5 Å². The smallest absolute Gasteiger partial charge is 0.287 e. The van der Waals surface area contributed by atoms with Crippen LogP contribution in [-0.4, -0.2) is 65.4 Å². The number of furan rings is 1. The Hall–Kier alpha value is -3.28. The second-order valence-electron chi connectivity index (χ2n) is 11.3. The number of para-hydroxylation sites is 1. The molecule has 1 aliphatic carbocycles. The summed E-state index contributed by atoms with van der Waals surface area (Å²) in [5, 5.41) is 17.6. The molecule has 220 valence electrons. The van der Waals surface area contributed by atoms with E-state index >= 15 is 0 Å². The lowest BCUT2D eigenvalue weighted by molar-refractivity contribution is -0.125. The van der Waals surface area contributed by atoms with Crippen LogP contribution in [-0.2, 0) is 14.8 Å². The van der Waals surface area contributed by atoms with Crippen LogP contribution in [0.4, 0.5) is 0 Å². The Kier molecular flexibility index (Phi) is 9.06. The van der Waals surface area contributed by atoms with Gasteiger partial charge in [-0.25, -0.2) is 13.4 Å². The maximum atomic E-state index is 13.7. The number of aliphatic hydroxyl groups is 1. The average Bonchev–Trinajstić information content (AvgIpc) is 3.37. The van der Waals surface area contributed by atoms with Crippen molar-refractivity contribution in [3.05, 3.63) is 60.5 Å². The van der Waals surface area contributed by atoms with E-state index in [4.69, 9.17) is 4.42 Å². The van der Waals surface area contributed by atoms with Gasteiger partial charge in [0.05, 0.1) is 12.1 Å². The molecule has 2 aliphatic rings. The van der Waals surface area contributed by atoms with Crippen molar-refractivity contribution in [2.24, 2.45) is 5.92 Å². The summed E-state index contributed by atoms with van der Waals surface area (Å²) < 4.78 is 33.6. The number of nitrogens with one attached hydrogen (secondary N) is 2. The molecule has 2 fully saturated rings. The maximum Gasteiger partial charge on any atom is 0.287 e. The molecule has 4 atom stereocenters. The molecule has 1 aromatic carbocycles. The number of nitrogens with zero attached hydrogens (tertiary/aromatic N) is 2. The summed E-state index contributed by atoms with van der Waals surface area (Å²) >= 11 is 0. The zero-order valence-electron chi connectivity index (χ0n) is 23.2. The molecule has 10 nitrogen and oxygen atoms in total. The third kappa shape index (κ3) is 6.79. The van der Waals surface area contributed by atoms with Gasteiger partial charge in [0.2, 0.25) is 5.91 Å². The number of hydrogen-bond acceptors (Lipinski definition) is 7. The lowest BCUT2D eigenvalue weighted by Gasteiger charge is -2.29. The number of hydrogen-bond donors (Lipinski definition) is 3. The molecule has 1 saturated heterocycles. The largest absolute Gasteiger partial charge is 0.451 e. The first kappa shape index (κ1) is 29.2. The van der Waals surface area contributed by atoms with Crippen LogP contribution in [0.3, 0.4) is 0 Å². The molecule has 0 bridgehead atoms. The fourth-order valence-electron chi connectivity index (χ4n) is 5.97. The van der Waals surface area contributed by atoms with Gasteiger partial charge < -0.3 is 20.2 Å². The van der Waals surface area contributed by atoms with Crippen LogP contribution in [0.15, 0.2) is 64.2 Å². The van der Waals surface area contributed by atoms with Crippen LogP contribution in [0.1, 0.15) is 68.8 Å². The van der Waals surface area contributed by atoms with Crippen molar-refractivity contribution in [1.82, 2.24) is 19.9 Å². The van der Waals surface area contributed by atoms with Gasteiger partial charge in [-0.15, -0.1) is 0 Å². The highest BCUT2D eigenvalue weighted by molar-refractivity contribution is 7.89. The highest BCUT2D eigenvalue weighted by Crippen LogP contribution is 2.29. The number of aromatic nitrogens is 1. The molecule has 2 amide bonds. The van der Waals surface area contributed by atoms with Gasteiger partial charge in [-0.1, -0.05) is 56.4 Å². The number of carbonyl (C=O) groups excluding carboxylic acids is 2. The molecule has 3 heterocycles. The summed E-state index contributed by atoms with van der Waals surface area (Å²) in [7, 11) is -3.93. The van der Waals surface area contributed by atoms with Gasteiger partial charge in [0, 0.05) is 24.2 Å². The minimum Gasteiger partial charge on any atom is -0.451 e. The van der Waals surface area contributed by atoms with E-state index in [1.165, 1.54) is 23.0 Å². The maximum absolute atomic E-state index is 13.7. The molecule has 0 radical (unpaired) electrons. The summed E-state index contributed by atoms with van der Waals surface area (Å²) in [6.07, 6.45) is 6.93. The predicted molar refractivity (Wildman–Crippen MR) is 153 cm³/mol. The number of pyridine rings is 1. The molecule has 41 heavy (non-hydrogen) atoms. The molecule has 5 rings (SSSR count). The summed E-state index contributed by atoms with van der Waals surface area (Å²) in [6.45, 7) is 1.61. The minimum atomic E-state index is -3.93. The van der Waals surface area contributed by atoms with E-state index in [0.29, 0.717) is 30.8 Å². The minimum absolute atomic E-state index is 0.0811. The van der Waals surface area contributed by atoms with Crippen molar-refractivity contribution in [3.8, 4) is 0 Å². The summed E-state index contributed by atoms with van der Waals surface area (Å²) in [5.74, 6) is -0.433. The number of benzene rings is 1. The van der Waals surface area contributed by atoms with Crippen molar-refractivity contribution in [2.75, 3.05) is 6.54 Å². The lowest BCUT2D eigenvalue weighted by atomic mass is 9.84. The van der Waals surface area contributed by atoms with Crippen molar-refractivity contribution in [1.29, 1.82) is 0 Å². The van der Waals surface area contributed by atoms with Crippen LogP contribution >= 0.6 is 0 Å². The monoisotopic (exact) mass is 582 g/mol. The number of carbonyl (C=O) groups is 2. The predicted octanol–water partition coefficient (Wildman–Crippen LogP) is 3.62. The molecule has 0 unspecified atom stereocenters. The van der Waals surface area contributed by atoms with E-state index in [9.17, 15) is 23.1 Å². The number of aliphatic hydroxyl groups excluding tert-OH is 1. The van der Waals surface area contributed by atoms with Crippen LogP contribution in [0, 0.1) is 5.92 Å². The summed E-state index contributed by atoms with van der Waals surface area (Å²) in [5.41, 5.74) is 0.590. The Morgan fingerprint density at radius 1 is 1.07 bits per heavy atom. The van der Waals surface area contributed by atoms with Gasteiger partial charge in [0.15, 0.2) is 10.8 Å². The van der Waals surface area contributed by atoms with Gasteiger partial charge in [-0.05, 0) is 56.4 Å². The molecule has 3 N–H and O–H groups in total. The number of sulfonamides is 1. The van der Waals surface area contributed by atoms with Gasteiger partial charge >= 0.3 is 0 Å². The summed E-state index contributed by atoms with van der Waals surface area (Å²) in [4.78, 5) is 30.9. The highest BCUT2D eigenvalue weighted by Gasteiger charge is 2.38. The molecule has 3 aromatic rings. The van der Waals surface area contributed by atoms with Crippen molar-refractivity contribution in [3.63, 3.8) is 0 Å². The first-order valence-corrected chi connectivity index (χ1v) is 15.9. The molecular formula is C30H38N4O6S. The van der Waals surface area contributed by atoms with Crippen molar-refractivity contribution < 1.29 is 27.5 Å². The Bertz CT molecular complexity index is 1420. The number of β-amino-alcohol motifs (C(OH)–C–C–N with tert-alkyl or cyclic N) is 1. The fourth-order valence-corrected chi connectivity index (χ4v) is 7.58. The number of fused-ring (bicyclic) bond motifs is 1. The average molecular weight is 583 g/mol. The standard InChI is InChI=1S/C30H38N4O6S/c1-20-14-15-23(25(35)19-34(20)41(38,39)28-13-7-8-16-31-28)32-29(36)24(17-21-9-3-2-4-10-21)33-30(37)27-18-22-11-5-6-12-26(22)40-27/h5-8,11-13,16,18,20-21,23-25,35H,2-4,9-10,14-15,17,19H2,1H3,(H,32,36)(H,33,37)/t20-,23+,24+,25+/m1/s1. The fraction of sp³-hybridized carbons (Fsp3) is 0.500. The third-order valence-electron chi connectivity index (χ3n) is 8.32. The molecule has 11 heteroatoms. The second kappa shape index (κ2) is 12.7. The Balaban J connectivity index is 1.30. The third-order valence-corrected chi connectivity index (χ3v) is 10.2. The van der Waals surface area contributed by atoms with Crippen LogP contribution in [0.5, 0.6) is 0 Å². The van der Waals surface area contributed by atoms with E-state index in [1.54, 1.807) is 31.2 Å². The SMILES string of the molecule is C[C@@H]1CC[C@H](NC(=O)[C@H](CC2CCCCC2)NC(=O)c2cc3ccccc3o2)[C@@H](O)CN1S(=O)(=O)c1ccccn1. The zero-order valence-corrected chi connectivity index (χ0v) is 24.1. The molecule has 1 aliphatic heterocycles. The van der Waals surface area contributed by atoms with Gasteiger partial charge in [-0.2, -0.15) is 4.31 Å². The number of rotatable bonds is 8. The summed E-state index contributed by atoms with van der Waals surface area (Å²) in [6, 6.07) is 11.8. The van der Waals surface area contributed by atoms with Crippen LogP contribution < -0.4 is 10.6 Å². The van der Waals surface area contributed by atoms with Gasteiger partial charge in [-0.3, -0.25) is 9.59 Å². The topological polar surface area (TPSA) is 142 Å². The Labute approximate surface area is 240 Å². The first-order chi connectivity index (χ1) is 19.7. The Morgan fingerprint density at radius 2 is 1.83 bits per heavy atom. The molecule has 2 aromatic heterocycles. The second-order valence-corrected chi connectivity index (χ2v) is 13.1. The van der Waals surface area contributed by atoms with Crippen molar-refractivity contribution >= 4 is 32.8 Å². The van der Waals surface area contributed by atoms with Crippen LogP contribution in [0.2, 0.25) is 0 Å². The van der Waals surface area contributed by atoms with E-state index in [2.05, 4.69) is 15.6 Å². The normalized spacial score (nSPS) is 23.5. The first-order valence-electron chi connectivity index (χ1n) is 14.4. The highest BCUT2D eigenvalue weighted by atomic mass is 32.2. The van der Waals surface area contributed by atoms with E-state index in [1.807, 2.05) is 18.2 Å². The van der Waals surface area contributed by atoms with E-state index < -0.39 is 46.1 Å². The quantitative estimate of drug-likeness (QED) is 0.368. The van der Waals surface area contributed by atoms with Gasteiger partial charge in [0.1, 0.15) is 11.6 Å². The number of amides is 2. The zero-order chi connectivity index (χ0) is 29.0. The van der Waals surface area contributed by atoms with E-state index in [0.717, 1.165) is 31.1 Å². The van der Waals surface area contributed by atoms with E-state index in [-0.39, 0.29) is 17.3 Å². The van der Waals surface area contributed by atoms with Crippen LogP contribution in [0.25, 0.3) is 11.0 Å². The Morgan fingerprint density at radius 3 is 2.56 bits per heavy atom. The molecule has 0 spiro atoms. The van der Waals surface area contributed by atoms with Gasteiger partial charge in [0.25, 0.3) is 15.9 Å². The molecular weight excluding hydrogens is 544 g/mol. The lowest BCUT2D eigenvalue weighted by Crippen LogP contribution is -2.54. The molecule has 1 saturated carbocycles.